The summed E-state index contributed by atoms with van der Waals surface area (Å²) < 4.78 is 11.5. The Labute approximate surface area is 185 Å². The highest BCUT2D eigenvalue weighted by Crippen LogP contribution is 2.31. The monoisotopic (exact) mass is 422 g/mol. The van der Waals surface area contributed by atoms with Gasteiger partial charge in [-0.05, 0) is 31.4 Å². The number of benzene rings is 2. The van der Waals surface area contributed by atoms with Crippen LogP contribution in [0.15, 0.2) is 59.6 Å². The third kappa shape index (κ3) is 5.38. The molecule has 0 spiro atoms. The fraction of sp³-hybridized carbons (Fsp3) is 0.480. The first-order chi connectivity index (χ1) is 15.2. The topological polar surface area (TPSA) is 66.9 Å². The zero-order valence-corrected chi connectivity index (χ0v) is 18.6. The van der Waals surface area contributed by atoms with E-state index in [-0.39, 0.29) is 17.6 Å². The van der Waals surface area contributed by atoms with Gasteiger partial charge < -0.3 is 25.4 Å². The molecule has 31 heavy (non-hydrogen) atoms. The first-order valence-electron chi connectivity index (χ1n) is 11.3. The number of nitrogens with one attached hydrogen (secondary N) is 3. The lowest BCUT2D eigenvalue weighted by Crippen LogP contribution is -2.58. The second-order valence-corrected chi connectivity index (χ2v) is 8.47. The van der Waals surface area contributed by atoms with E-state index in [1.54, 1.807) is 0 Å². The summed E-state index contributed by atoms with van der Waals surface area (Å²) in [6, 6.07) is 19.3. The summed E-state index contributed by atoms with van der Waals surface area (Å²) in [6.45, 7) is 5.28. The second-order valence-electron chi connectivity index (χ2n) is 8.47. The Balaban J connectivity index is 1.42. The van der Waals surface area contributed by atoms with E-state index >= 15 is 0 Å². The number of guanidine groups is 1. The lowest BCUT2D eigenvalue weighted by Gasteiger charge is -2.41. The molecule has 2 aliphatic heterocycles. The van der Waals surface area contributed by atoms with Crippen LogP contribution in [0.1, 0.15) is 49.4 Å². The molecule has 166 valence electrons. The van der Waals surface area contributed by atoms with E-state index in [0.29, 0.717) is 6.61 Å². The van der Waals surface area contributed by atoms with Crippen LogP contribution in [-0.4, -0.2) is 44.9 Å². The summed E-state index contributed by atoms with van der Waals surface area (Å²) in [5.74, 6) is 1.78. The molecular formula is C25H34N4O2. The summed E-state index contributed by atoms with van der Waals surface area (Å²) in [5, 5.41) is 11.1. The van der Waals surface area contributed by atoms with Gasteiger partial charge in [0.2, 0.25) is 0 Å². The average molecular weight is 423 g/mol. The number of para-hydroxylation sites is 1. The van der Waals surface area contributed by atoms with Crippen LogP contribution in [-0.2, 0) is 4.74 Å². The molecule has 0 radical (unpaired) electrons. The molecule has 2 aliphatic rings. The SMILES string of the molecule is CN=C(NCC1(NC(C)c2ccccc2)CCOCC1)NC1CCOc2ccccc21. The van der Waals surface area contributed by atoms with Gasteiger partial charge >= 0.3 is 0 Å². The first-order valence-corrected chi connectivity index (χ1v) is 11.3. The maximum absolute atomic E-state index is 5.80. The minimum Gasteiger partial charge on any atom is -0.493 e. The van der Waals surface area contributed by atoms with Crippen molar-refractivity contribution >= 4 is 5.96 Å². The fourth-order valence-corrected chi connectivity index (χ4v) is 4.52. The molecule has 2 heterocycles. The van der Waals surface area contributed by atoms with Gasteiger partial charge in [0.1, 0.15) is 5.75 Å². The van der Waals surface area contributed by atoms with Gasteiger partial charge in [-0.3, -0.25) is 4.99 Å². The summed E-state index contributed by atoms with van der Waals surface area (Å²) >= 11 is 0. The van der Waals surface area contributed by atoms with Gasteiger partial charge in [-0.2, -0.15) is 0 Å². The number of hydrogen-bond acceptors (Lipinski definition) is 4. The standard InChI is InChI=1S/C25H34N4O2/c1-19(20-8-4-3-5-9-20)29-25(13-16-30-17-14-25)18-27-24(26-2)28-22-12-15-31-23-11-7-6-10-21(22)23/h3-11,19,22,29H,12-18H2,1-2H3,(H2,26,27,28). The lowest BCUT2D eigenvalue weighted by molar-refractivity contribution is 0.0354. The molecule has 6 heteroatoms. The quantitative estimate of drug-likeness (QED) is 0.491. The molecule has 3 N–H and O–H groups in total. The molecule has 1 fully saturated rings. The highest BCUT2D eigenvalue weighted by molar-refractivity contribution is 5.80. The van der Waals surface area contributed by atoms with Gasteiger partial charge in [0.05, 0.1) is 12.6 Å². The van der Waals surface area contributed by atoms with Crippen LogP contribution in [0.4, 0.5) is 0 Å². The summed E-state index contributed by atoms with van der Waals surface area (Å²) in [6.07, 6.45) is 2.85. The van der Waals surface area contributed by atoms with E-state index in [0.717, 1.165) is 50.7 Å². The normalized spacial score (nSPS) is 21.5. The number of aliphatic imine (C=N–C) groups is 1. The Kier molecular flexibility index (Phi) is 7.10. The van der Waals surface area contributed by atoms with Gasteiger partial charge in [-0.15, -0.1) is 0 Å². The van der Waals surface area contributed by atoms with E-state index in [4.69, 9.17) is 9.47 Å². The molecule has 2 aromatic carbocycles. The smallest absolute Gasteiger partial charge is 0.191 e. The molecule has 1 saturated heterocycles. The Hall–Kier alpha value is -2.57. The van der Waals surface area contributed by atoms with Crippen molar-refractivity contribution in [3.63, 3.8) is 0 Å². The number of nitrogens with zero attached hydrogens (tertiary/aromatic N) is 1. The molecule has 4 rings (SSSR count). The van der Waals surface area contributed by atoms with Gasteiger partial charge in [0.25, 0.3) is 0 Å². The summed E-state index contributed by atoms with van der Waals surface area (Å²) in [4.78, 5) is 4.50. The lowest BCUT2D eigenvalue weighted by atomic mass is 9.88. The number of rotatable bonds is 6. The molecule has 0 saturated carbocycles. The highest BCUT2D eigenvalue weighted by atomic mass is 16.5. The van der Waals surface area contributed by atoms with Gasteiger partial charge in [0, 0.05) is 50.4 Å². The predicted octanol–water partition coefficient (Wildman–Crippen LogP) is 3.58. The zero-order valence-electron chi connectivity index (χ0n) is 18.6. The maximum atomic E-state index is 5.80. The van der Waals surface area contributed by atoms with Crippen molar-refractivity contribution in [2.75, 3.05) is 33.4 Å². The van der Waals surface area contributed by atoms with Gasteiger partial charge in [0.15, 0.2) is 5.96 Å². The number of hydrogen-bond donors (Lipinski definition) is 3. The van der Waals surface area contributed by atoms with Gasteiger partial charge in [-0.25, -0.2) is 0 Å². The van der Waals surface area contributed by atoms with Crippen molar-refractivity contribution in [2.24, 2.45) is 4.99 Å². The van der Waals surface area contributed by atoms with E-state index in [1.807, 2.05) is 19.2 Å². The molecule has 0 aliphatic carbocycles. The van der Waals surface area contributed by atoms with E-state index < -0.39 is 0 Å². The Morgan fingerprint density at radius 3 is 2.58 bits per heavy atom. The molecule has 2 atom stereocenters. The minimum atomic E-state index is -0.0429. The molecule has 2 unspecified atom stereocenters. The Bertz CT molecular complexity index is 865. The zero-order chi connectivity index (χ0) is 21.5. The maximum Gasteiger partial charge on any atom is 0.191 e. The molecule has 0 amide bonds. The predicted molar refractivity (Wildman–Crippen MR) is 125 cm³/mol. The van der Waals surface area contributed by atoms with Crippen LogP contribution in [0, 0.1) is 0 Å². The average Bonchev–Trinajstić information content (AvgIpc) is 2.83. The van der Waals surface area contributed by atoms with E-state index in [1.165, 1.54) is 11.1 Å². The summed E-state index contributed by atoms with van der Waals surface area (Å²) in [5.41, 5.74) is 2.45. The molecular weight excluding hydrogens is 388 g/mol. The van der Waals surface area contributed by atoms with Crippen LogP contribution >= 0.6 is 0 Å². The van der Waals surface area contributed by atoms with Crippen LogP contribution in [0.3, 0.4) is 0 Å². The Morgan fingerprint density at radius 1 is 1.06 bits per heavy atom. The van der Waals surface area contributed by atoms with Crippen molar-refractivity contribution in [1.82, 2.24) is 16.0 Å². The molecule has 2 aromatic rings. The van der Waals surface area contributed by atoms with E-state index in [9.17, 15) is 0 Å². The number of ether oxygens (including phenoxy) is 2. The fourth-order valence-electron chi connectivity index (χ4n) is 4.52. The third-order valence-electron chi connectivity index (χ3n) is 6.36. The molecule has 0 aromatic heterocycles. The second kappa shape index (κ2) is 10.2. The molecule has 6 nitrogen and oxygen atoms in total. The summed E-state index contributed by atoms with van der Waals surface area (Å²) in [7, 11) is 1.83. The van der Waals surface area contributed by atoms with Crippen molar-refractivity contribution in [2.45, 2.75) is 43.8 Å². The molecule has 0 bridgehead atoms. The highest BCUT2D eigenvalue weighted by Gasteiger charge is 2.34. The van der Waals surface area contributed by atoms with Crippen LogP contribution in [0.5, 0.6) is 5.75 Å². The van der Waals surface area contributed by atoms with Crippen LogP contribution in [0.2, 0.25) is 0 Å². The van der Waals surface area contributed by atoms with Crippen LogP contribution in [0.25, 0.3) is 0 Å². The van der Waals surface area contributed by atoms with Crippen molar-refractivity contribution in [3.8, 4) is 5.75 Å². The largest absolute Gasteiger partial charge is 0.493 e. The third-order valence-corrected chi connectivity index (χ3v) is 6.36. The van der Waals surface area contributed by atoms with Crippen molar-refractivity contribution in [1.29, 1.82) is 0 Å². The van der Waals surface area contributed by atoms with Crippen LogP contribution < -0.4 is 20.7 Å². The van der Waals surface area contributed by atoms with Gasteiger partial charge in [-0.1, -0.05) is 48.5 Å². The van der Waals surface area contributed by atoms with Crippen molar-refractivity contribution in [3.05, 3.63) is 65.7 Å². The van der Waals surface area contributed by atoms with Crippen molar-refractivity contribution < 1.29 is 9.47 Å². The minimum absolute atomic E-state index is 0.0429. The van der Waals surface area contributed by atoms with E-state index in [2.05, 4.69) is 70.3 Å². The Morgan fingerprint density at radius 2 is 1.81 bits per heavy atom. The first kappa shape index (κ1) is 21.7. The number of fused-ring (bicyclic) bond motifs is 1.